The van der Waals surface area contributed by atoms with Crippen molar-refractivity contribution in [2.24, 2.45) is 5.92 Å². The summed E-state index contributed by atoms with van der Waals surface area (Å²) in [6.07, 6.45) is 2.99. The van der Waals surface area contributed by atoms with E-state index in [1.165, 1.54) is 6.26 Å². The van der Waals surface area contributed by atoms with Gasteiger partial charge in [-0.05, 0) is 43.2 Å². The summed E-state index contributed by atoms with van der Waals surface area (Å²) in [5.41, 5.74) is 6.23. The number of nitrogens with one attached hydrogen (secondary N) is 2. The smallest absolute Gasteiger partial charge is 0.289 e. The molecule has 126 valence electrons. The third-order valence-corrected chi connectivity index (χ3v) is 4.20. The lowest BCUT2D eigenvalue weighted by Gasteiger charge is -2.31. The van der Waals surface area contributed by atoms with Gasteiger partial charge in [-0.2, -0.15) is 0 Å². The Bertz CT molecular complexity index is 718. The molecule has 1 saturated heterocycles. The maximum atomic E-state index is 12.3. The summed E-state index contributed by atoms with van der Waals surface area (Å²) in [6, 6.07) is 10.4. The SMILES string of the molecule is O=C(NNc1cccc(Cl)c1)C1CCCN(C(=O)c2ccco2)C1. The van der Waals surface area contributed by atoms with Gasteiger partial charge in [-0.3, -0.25) is 20.4 Å². The second kappa shape index (κ2) is 7.40. The van der Waals surface area contributed by atoms with Crippen LogP contribution in [0.1, 0.15) is 23.4 Å². The number of piperidine rings is 1. The number of halogens is 1. The summed E-state index contributed by atoms with van der Waals surface area (Å²) in [4.78, 5) is 26.3. The summed E-state index contributed by atoms with van der Waals surface area (Å²) in [5, 5.41) is 0.585. The molecule has 24 heavy (non-hydrogen) atoms. The van der Waals surface area contributed by atoms with Crippen molar-refractivity contribution in [3.8, 4) is 0 Å². The Hall–Kier alpha value is -2.47. The number of rotatable bonds is 4. The van der Waals surface area contributed by atoms with Crippen molar-refractivity contribution in [3.63, 3.8) is 0 Å². The Morgan fingerprint density at radius 3 is 2.88 bits per heavy atom. The number of likely N-dealkylation sites (tertiary alicyclic amines) is 1. The minimum atomic E-state index is -0.260. The number of hydrogen-bond donors (Lipinski definition) is 2. The highest BCUT2D eigenvalue weighted by molar-refractivity contribution is 6.30. The highest BCUT2D eigenvalue weighted by atomic mass is 35.5. The van der Waals surface area contributed by atoms with Crippen molar-refractivity contribution in [2.45, 2.75) is 12.8 Å². The Morgan fingerprint density at radius 2 is 2.12 bits per heavy atom. The van der Waals surface area contributed by atoms with Gasteiger partial charge in [-0.1, -0.05) is 17.7 Å². The van der Waals surface area contributed by atoms with Crippen LogP contribution in [0, 0.1) is 5.92 Å². The fourth-order valence-electron chi connectivity index (χ4n) is 2.73. The number of furan rings is 1. The number of benzene rings is 1. The molecule has 1 aromatic carbocycles. The third kappa shape index (κ3) is 3.89. The van der Waals surface area contributed by atoms with Crippen LogP contribution < -0.4 is 10.9 Å². The predicted octanol–water partition coefficient (Wildman–Crippen LogP) is 2.93. The lowest BCUT2D eigenvalue weighted by molar-refractivity contribution is -0.125. The molecule has 1 fully saturated rings. The van der Waals surface area contributed by atoms with Crippen LogP contribution in [0.4, 0.5) is 5.69 Å². The largest absolute Gasteiger partial charge is 0.459 e. The van der Waals surface area contributed by atoms with Gasteiger partial charge in [0.25, 0.3) is 5.91 Å². The number of hydrazine groups is 1. The second-order valence-corrected chi connectivity index (χ2v) is 6.13. The summed E-state index contributed by atoms with van der Waals surface area (Å²) >= 11 is 5.91. The van der Waals surface area contributed by atoms with E-state index in [9.17, 15) is 9.59 Å². The standard InChI is InChI=1S/C17H18ClN3O3/c18-13-5-1-6-14(10-13)19-20-16(22)12-4-2-8-21(11-12)17(23)15-7-3-9-24-15/h1,3,5-7,9-10,12,19H,2,4,8,11H2,(H,20,22). The molecule has 0 saturated carbocycles. The van der Waals surface area contributed by atoms with Gasteiger partial charge in [0.1, 0.15) is 0 Å². The Kier molecular flexibility index (Phi) is 5.05. The molecule has 2 heterocycles. The number of nitrogens with zero attached hydrogens (tertiary/aromatic N) is 1. The molecule has 2 aromatic rings. The first kappa shape index (κ1) is 16.4. The van der Waals surface area contributed by atoms with Crippen molar-refractivity contribution in [1.82, 2.24) is 10.3 Å². The average molecular weight is 348 g/mol. The summed E-state index contributed by atoms with van der Waals surface area (Å²) in [5.74, 6) is -0.287. The fourth-order valence-corrected chi connectivity index (χ4v) is 2.92. The van der Waals surface area contributed by atoms with Crippen LogP contribution in [0.25, 0.3) is 0 Å². The first-order chi connectivity index (χ1) is 11.6. The molecular formula is C17H18ClN3O3. The molecule has 7 heteroatoms. The number of anilines is 1. The molecule has 0 aliphatic carbocycles. The zero-order valence-electron chi connectivity index (χ0n) is 13.0. The first-order valence-electron chi connectivity index (χ1n) is 7.77. The highest BCUT2D eigenvalue weighted by Gasteiger charge is 2.29. The zero-order chi connectivity index (χ0) is 16.9. The topological polar surface area (TPSA) is 74.6 Å². The highest BCUT2D eigenvalue weighted by Crippen LogP contribution is 2.19. The molecule has 2 N–H and O–H groups in total. The lowest BCUT2D eigenvalue weighted by Crippen LogP contribution is -2.46. The van der Waals surface area contributed by atoms with E-state index >= 15 is 0 Å². The van der Waals surface area contributed by atoms with Crippen molar-refractivity contribution in [1.29, 1.82) is 0 Å². The molecule has 1 aliphatic heterocycles. The minimum absolute atomic E-state index is 0.146. The summed E-state index contributed by atoms with van der Waals surface area (Å²) in [6.45, 7) is 1.01. The van der Waals surface area contributed by atoms with Crippen LogP contribution in [-0.2, 0) is 4.79 Å². The summed E-state index contributed by atoms with van der Waals surface area (Å²) in [7, 11) is 0. The van der Waals surface area contributed by atoms with E-state index in [1.54, 1.807) is 41.3 Å². The fraction of sp³-hybridized carbons (Fsp3) is 0.294. The van der Waals surface area contributed by atoms with Crippen LogP contribution >= 0.6 is 11.6 Å². The normalized spacial score (nSPS) is 17.4. The predicted molar refractivity (Wildman–Crippen MR) is 90.6 cm³/mol. The van der Waals surface area contributed by atoms with Gasteiger partial charge >= 0.3 is 0 Å². The van der Waals surface area contributed by atoms with E-state index in [-0.39, 0.29) is 17.7 Å². The van der Waals surface area contributed by atoms with Crippen LogP contribution in [-0.4, -0.2) is 29.8 Å². The number of amides is 2. The van der Waals surface area contributed by atoms with Crippen molar-refractivity contribution in [3.05, 3.63) is 53.4 Å². The molecule has 1 aromatic heterocycles. The Labute approximate surface area is 144 Å². The van der Waals surface area contributed by atoms with Gasteiger partial charge in [0, 0.05) is 18.1 Å². The average Bonchev–Trinajstić information content (AvgIpc) is 3.14. The first-order valence-corrected chi connectivity index (χ1v) is 8.15. The lowest BCUT2D eigenvalue weighted by atomic mass is 9.97. The maximum absolute atomic E-state index is 12.3. The van der Waals surface area contributed by atoms with Crippen molar-refractivity contribution in [2.75, 3.05) is 18.5 Å². The molecule has 6 nitrogen and oxygen atoms in total. The third-order valence-electron chi connectivity index (χ3n) is 3.97. The molecule has 3 rings (SSSR count). The molecule has 0 spiro atoms. The molecule has 2 amide bonds. The van der Waals surface area contributed by atoms with E-state index in [0.29, 0.717) is 29.6 Å². The van der Waals surface area contributed by atoms with E-state index in [2.05, 4.69) is 10.9 Å². The van der Waals surface area contributed by atoms with Crippen molar-refractivity contribution >= 4 is 29.1 Å². The van der Waals surface area contributed by atoms with Crippen molar-refractivity contribution < 1.29 is 14.0 Å². The second-order valence-electron chi connectivity index (χ2n) is 5.69. The molecule has 0 bridgehead atoms. The van der Waals surface area contributed by atoms with Gasteiger partial charge in [0.2, 0.25) is 5.91 Å². The number of carbonyl (C=O) groups excluding carboxylic acids is 2. The van der Waals surface area contributed by atoms with Gasteiger partial charge < -0.3 is 9.32 Å². The quantitative estimate of drug-likeness (QED) is 0.834. The monoisotopic (exact) mass is 347 g/mol. The minimum Gasteiger partial charge on any atom is -0.459 e. The molecule has 1 unspecified atom stereocenters. The van der Waals surface area contributed by atoms with Crippen LogP contribution in [0.5, 0.6) is 0 Å². The van der Waals surface area contributed by atoms with Gasteiger partial charge in [-0.25, -0.2) is 0 Å². The van der Waals surface area contributed by atoms with Crippen LogP contribution in [0.2, 0.25) is 5.02 Å². The molecule has 1 atom stereocenters. The van der Waals surface area contributed by atoms with E-state index in [4.69, 9.17) is 16.0 Å². The van der Waals surface area contributed by atoms with Gasteiger partial charge in [0.15, 0.2) is 5.76 Å². The van der Waals surface area contributed by atoms with E-state index in [1.807, 2.05) is 0 Å². The summed E-state index contributed by atoms with van der Waals surface area (Å²) < 4.78 is 5.14. The molecule has 1 aliphatic rings. The van der Waals surface area contributed by atoms with Crippen LogP contribution in [0.3, 0.4) is 0 Å². The Morgan fingerprint density at radius 1 is 1.25 bits per heavy atom. The van der Waals surface area contributed by atoms with E-state index in [0.717, 1.165) is 12.8 Å². The van der Waals surface area contributed by atoms with E-state index < -0.39 is 0 Å². The molecule has 0 radical (unpaired) electrons. The zero-order valence-corrected chi connectivity index (χ0v) is 13.8. The number of carbonyl (C=O) groups is 2. The van der Waals surface area contributed by atoms with Crippen LogP contribution in [0.15, 0.2) is 47.1 Å². The maximum Gasteiger partial charge on any atom is 0.289 e. The van der Waals surface area contributed by atoms with Gasteiger partial charge in [-0.15, -0.1) is 0 Å². The Balaban J connectivity index is 1.56. The molecular weight excluding hydrogens is 330 g/mol. The van der Waals surface area contributed by atoms with Gasteiger partial charge in [0.05, 0.1) is 17.9 Å². The number of hydrogen-bond acceptors (Lipinski definition) is 4.